The van der Waals surface area contributed by atoms with Crippen LogP contribution < -0.4 is 0 Å². The lowest BCUT2D eigenvalue weighted by atomic mass is 9.88. The van der Waals surface area contributed by atoms with Gasteiger partial charge in [0.1, 0.15) is 5.54 Å². The second-order valence-corrected chi connectivity index (χ2v) is 7.66. The van der Waals surface area contributed by atoms with E-state index in [-0.39, 0.29) is 31.2 Å². The van der Waals surface area contributed by atoms with E-state index in [2.05, 4.69) is 4.98 Å². The third kappa shape index (κ3) is 2.03. The predicted octanol–water partition coefficient (Wildman–Crippen LogP) is 0.251. The van der Waals surface area contributed by atoms with Gasteiger partial charge >= 0.3 is 5.97 Å². The van der Waals surface area contributed by atoms with Gasteiger partial charge in [-0.3, -0.25) is 0 Å². The van der Waals surface area contributed by atoms with Crippen molar-refractivity contribution >= 4 is 16.0 Å². The zero-order chi connectivity index (χ0) is 14.4. The number of aliphatic carboxylic acids is 1. The molecule has 0 unspecified atom stereocenters. The van der Waals surface area contributed by atoms with E-state index >= 15 is 0 Å². The van der Waals surface area contributed by atoms with Crippen molar-refractivity contribution in [3.63, 3.8) is 0 Å². The van der Waals surface area contributed by atoms with Gasteiger partial charge in [-0.05, 0) is 25.7 Å². The Balaban J connectivity index is 1.81. The van der Waals surface area contributed by atoms with E-state index < -0.39 is 21.5 Å². The second-order valence-electron chi connectivity index (χ2n) is 5.45. The van der Waals surface area contributed by atoms with Crippen molar-refractivity contribution < 1.29 is 18.3 Å². The molecule has 1 N–H and O–H groups in total. The Morgan fingerprint density at radius 3 is 2.40 bits per heavy atom. The highest BCUT2D eigenvalue weighted by Gasteiger charge is 2.48. The summed E-state index contributed by atoms with van der Waals surface area (Å²) in [7, 11) is -3.22. The highest BCUT2D eigenvalue weighted by molar-refractivity contribution is 7.90. The van der Waals surface area contributed by atoms with E-state index in [1.54, 1.807) is 10.8 Å². The lowest BCUT2D eigenvalue weighted by Crippen LogP contribution is -2.52. The maximum Gasteiger partial charge on any atom is 0.330 e. The molecule has 3 rings (SSSR count). The van der Waals surface area contributed by atoms with Gasteiger partial charge in [-0.2, -0.15) is 0 Å². The number of nitrogens with zero attached hydrogens (tertiary/aromatic N) is 3. The van der Waals surface area contributed by atoms with E-state index in [1.165, 1.54) is 16.8 Å². The number of hydrogen-bond donors (Lipinski definition) is 1. The summed E-state index contributed by atoms with van der Waals surface area (Å²) in [5.74, 6) is -0.932. The van der Waals surface area contributed by atoms with Crippen LogP contribution in [0.5, 0.6) is 0 Å². The molecule has 1 aromatic rings. The first kappa shape index (κ1) is 13.6. The number of imidazole rings is 1. The summed E-state index contributed by atoms with van der Waals surface area (Å²) < 4.78 is 27.4. The first-order valence-corrected chi connectivity index (χ1v) is 8.18. The van der Waals surface area contributed by atoms with Crippen LogP contribution in [-0.4, -0.2) is 51.7 Å². The van der Waals surface area contributed by atoms with Gasteiger partial charge in [0.2, 0.25) is 10.0 Å². The summed E-state index contributed by atoms with van der Waals surface area (Å²) in [6, 6.07) is 0. The molecule has 0 aromatic carbocycles. The van der Waals surface area contributed by atoms with E-state index in [1.807, 2.05) is 0 Å². The molecular formula is C12H17N3O4S. The molecule has 110 valence electrons. The molecule has 0 amide bonds. The van der Waals surface area contributed by atoms with Crippen molar-refractivity contribution in [2.45, 2.75) is 36.5 Å². The number of sulfonamides is 1. The van der Waals surface area contributed by atoms with Crippen LogP contribution in [0.25, 0.3) is 0 Å². The molecule has 0 spiro atoms. The predicted molar refractivity (Wildman–Crippen MR) is 70.6 cm³/mol. The van der Waals surface area contributed by atoms with E-state index in [9.17, 15) is 18.3 Å². The molecule has 1 saturated heterocycles. The first-order chi connectivity index (χ1) is 9.47. The van der Waals surface area contributed by atoms with Crippen LogP contribution in [0.4, 0.5) is 0 Å². The Morgan fingerprint density at radius 2 is 1.95 bits per heavy atom. The molecule has 0 atom stereocenters. The highest BCUT2D eigenvalue weighted by atomic mass is 32.2. The molecule has 8 heteroatoms. The maximum atomic E-state index is 12.2. The second kappa shape index (κ2) is 4.56. The molecule has 1 aliphatic carbocycles. The van der Waals surface area contributed by atoms with Gasteiger partial charge in [0, 0.05) is 25.5 Å². The van der Waals surface area contributed by atoms with Crippen molar-refractivity contribution in [3.8, 4) is 0 Å². The average molecular weight is 299 g/mol. The zero-order valence-electron chi connectivity index (χ0n) is 11.0. The van der Waals surface area contributed by atoms with Crippen molar-refractivity contribution in [3.05, 3.63) is 18.7 Å². The quantitative estimate of drug-likeness (QED) is 0.860. The molecule has 1 saturated carbocycles. The maximum absolute atomic E-state index is 12.2. The van der Waals surface area contributed by atoms with Crippen LogP contribution >= 0.6 is 0 Å². The zero-order valence-corrected chi connectivity index (χ0v) is 11.8. The number of carboxylic acids is 1. The van der Waals surface area contributed by atoms with Crippen molar-refractivity contribution in [2.75, 3.05) is 13.1 Å². The van der Waals surface area contributed by atoms with Crippen LogP contribution in [0.3, 0.4) is 0 Å². The van der Waals surface area contributed by atoms with Crippen LogP contribution in [-0.2, 0) is 20.4 Å². The summed E-state index contributed by atoms with van der Waals surface area (Å²) in [4.78, 5) is 15.6. The van der Waals surface area contributed by atoms with Crippen molar-refractivity contribution in [2.24, 2.45) is 0 Å². The molecule has 1 aromatic heterocycles. The molecule has 2 aliphatic rings. The largest absolute Gasteiger partial charge is 0.479 e. The minimum Gasteiger partial charge on any atom is -0.479 e. The summed E-state index contributed by atoms with van der Waals surface area (Å²) in [6.45, 7) is 0.507. The van der Waals surface area contributed by atoms with Crippen LogP contribution in [0.1, 0.15) is 25.7 Å². The molecule has 7 nitrogen and oxygen atoms in total. The minimum atomic E-state index is -3.22. The Bertz CT molecular complexity index is 599. The van der Waals surface area contributed by atoms with Crippen LogP contribution in [0.15, 0.2) is 18.7 Å². The average Bonchev–Trinajstić information content (AvgIpc) is 3.15. The summed E-state index contributed by atoms with van der Waals surface area (Å²) in [5, 5.41) is 9.31. The summed E-state index contributed by atoms with van der Waals surface area (Å²) >= 11 is 0. The third-order valence-corrected chi connectivity index (χ3v) is 6.65. The smallest absolute Gasteiger partial charge is 0.330 e. The van der Waals surface area contributed by atoms with Gasteiger partial charge in [-0.15, -0.1) is 0 Å². The van der Waals surface area contributed by atoms with E-state index in [0.717, 1.165) is 12.8 Å². The number of carboxylic acid groups (broad SMARTS) is 1. The van der Waals surface area contributed by atoms with Gasteiger partial charge in [-0.1, -0.05) is 0 Å². The normalized spacial score (nSPS) is 23.6. The Morgan fingerprint density at radius 1 is 1.30 bits per heavy atom. The fraction of sp³-hybridized carbons (Fsp3) is 0.667. The summed E-state index contributed by atoms with van der Waals surface area (Å²) in [6.07, 6.45) is 6.64. The SMILES string of the molecule is O=C(O)C1(n2ccnc2)CCN(S(=O)(=O)C2CC2)CC1. The summed E-state index contributed by atoms with van der Waals surface area (Å²) in [5.41, 5.74) is -1.08. The fourth-order valence-electron chi connectivity index (χ4n) is 2.78. The Labute approximate surface area is 117 Å². The lowest BCUT2D eigenvalue weighted by molar-refractivity contribution is -0.149. The van der Waals surface area contributed by atoms with Crippen molar-refractivity contribution in [1.29, 1.82) is 0 Å². The molecule has 0 radical (unpaired) electrons. The molecule has 2 heterocycles. The number of aromatic nitrogens is 2. The molecule has 0 bridgehead atoms. The standard InChI is InChI=1S/C12H17N3O4S/c16-11(17)12(14-8-5-13-9-14)3-6-15(7-4-12)20(18,19)10-1-2-10/h5,8-10H,1-4,6-7H2,(H,16,17). The van der Waals surface area contributed by atoms with Gasteiger partial charge in [0.05, 0.1) is 11.6 Å². The number of rotatable bonds is 4. The molecule has 20 heavy (non-hydrogen) atoms. The monoisotopic (exact) mass is 299 g/mol. The lowest BCUT2D eigenvalue weighted by Gasteiger charge is -2.39. The Hall–Kier alpha value is -1.41. The van der Waals surface area contributed by atoms with E-state index in [0.29, 0.717) is 0 Å². The van der Waals surface area contributed by atoms with E-state index in [4.69, 9.17) is 0 Å². The van der Waals surface area contributed by atoms with Gasteiger partial charge in [-0.25, -0.2) is 22.5 Å². The first-order valence-electron chi connectivity index (χ1n) is 6.68. The molecule has 1 aliphatic heterocycles. The van der Waals surface area contributed by atoms with Gasteiger partial charge < -0.3 is 9.67 Å². The van der Waals surface area contributed by atoms with Crippen LogP contribution in [0.2, 0.25) is 0 Å². The highest BCUT2D eigenvalue weighted by Crippen LogP contribution is 2.36. The Kier molecular flexibility index (Phi) is 3.09. The number of hydrogen-bond acceptors (Lipinski definition) is 4. The van der Waals surface area contributed by atoms with Gasteiger partial charge in [0.25, 0.3) is 0 Å². The van der Waals surface area contributed by atoms with Crippen molar-refractivity contribution in [1.82, 2.24) is 13.9 Å². The third-order valence-electron chi connectivity index (χ3n) is 4.25. The molecule has 2 fully saturated rings. The number of piperidine rings is 1. The number of carbonyl (C=O) groups is 1. The minimum absolute atomic E-state index is 0.243. The molecular weight excluding hydrogens is 282 g/mol. The fourth-order valence-corrected chi connectivity index (χ4v) is 4.63. The van der Waals surface area contributed by atoms with Gasteiger partial charge in [0.15, 0.2) is 0 Å². The topological polar surface area (TPSA) is 92.5 Å². The van der Waals surface area contributed by atoms with Crippen LogP contribution in [0, 0.1) is 0 Å².